The van der Waals surface area contributed by atoms with E-state index >= 15 is 0 Å². The van der Waals surface area contributed by atoms with E-state index in [0.29, 0.717) is 12.6 Å². The monoisotopic (exact) mass is 328 g/mol. The summed E-state index contributed by atoms with van der Waals surface area (Å²) in [6.45, 7) is 4.25. The van der Waals surface area contributed by atoms with Gasteiger partial charge in [0.25, 0.3) is 0 Å². The first-order valence-electron chi connectivity index (χ1n) is 7.70. The maximum absolute atomic E-state index is 12.7. The van der Waals surface area contributed by atoms with E-state index in [-0.39, 0.29) is 6.03 Å². The van der Waals surface area contributed by atoms with Gasteiger partial charge in [0.05, 0.1) is 18.5 Å². The van der Waals surface area contributed by atoms with Crippen molar-refractivity contribution in [3.05, 3.63) is 61.1 Å². The quantitative estimate of drug-likeness (QED) is 0.589. The summed E-state index contributed by atoms with van der Waals surface area (Å²) in [7, 11) is 0. The fourth-order valence-electron chi connectivity index (χ4n) is 2.35. The Bertz CT molecular complexity index is 665. The van der Waals surface area contributed by atoms with E-state index in [1.165, 1.54) is 0 Å². The molecule has 2 aromatic rings. The Hall–Kier alpha value is -2.14. The van der Waals surface area contributed by atoms with Gasteiger partial charge in [-0.3, -0.25) is 0 Å². The van der Waals surface area contributed by atoms with Crippen molar-refractivity contribution in [2.75, 3.05) is 11.1 Å². The van der Waals surface area contributed by atoms with Gasteiger partial charge in [0, 0.05) is 16.7 Å². The Labute approximate surface area is 140 Å². The van der Waals surface area contributed by atoms with Gasteiger partial charge in [-0.1, -0.05) is 18.2 Å². The Balaban J connectivity index is 1.70. The molecule has 1 fully saturated rings. The largest absolute Gasteiger partial charge is 0.467 e. The van der Waals surface area contributed by atoms with Crippen molar-refractivity contribution in [3.8, 4) is 0 Å². The van der Waals surface area contributed by atoms with Gasteiger partial charge in [0.1, 0.15) is 5.76 Å². The molecule has 0 saturated heterocycles. The molecule has 1 saturated carbocycles. The molecule has 0 atom stereocenters. The van der Waals surface area contributed by atoms with Crippen LogP contribution in [-0.4, -0.2) is 22.7 Å². The van der Waals surface area contributed by atoms with Crippen LogP contribution < -0.4 is 5.32 Å². The van der Waals surface area contributed by atoms with Crippen LogP contribution in [0, 0.1) is 0 Å². The van der Waals surface area contributed by atoms with Crippen molar-refractivity contribution in [2.24, 2.45) is 0 Å². The third-order valence-electron chi connectivity index (χ3n) is 3.64. The molecule has 1 aromatic carbocycles. The summed E-state index contributed by atoms with van der Waals surface area (Å²) < 4.78 is 5.38. The lowest BCUT2D eigenvalue weighted by Gasteiger charge is -2.22. The average molecular weight is 328 g/mol. The molecule has 5 heteroatoms. The number of hydrogen-bond donors (Lipinski definition) is 1. The summed E-state index contributed by atoms with van der Waals surface area (Å²) >= 11 is 1.66. The van der Waals surface area contributed by atoms with E-state index in [0.717, 1.165) is 34.9 Å². The molecular weight excluding hydrogens is 308 g/mol. The highest BCUT2D eigenvalue weighted by molar-refractivity contribution is 7.99. The number of rotatable bonds is 7. The maximum Gasteiger partial charge on any atom is 0.322 e. The van der Waals surface area contributed by atoms with Crippen molar-refractivity contribution in [1.29, 1.82) is 0 Å². The van der Waals surface area contributed by atoms with Gasteiger partial charge in [-0.15, -0.1) is 18.3 Å². The third-order valence-corrected chi connectivity index (χ3v) is 4.71. The van der Waals surface area contributed by atoms with Gasteiger partial charge < -0.3 is 14.6 Å². The molecule has 1 heterocycles. The molecule has 0 radical (unpaired) electrons. The molecule has 3 rings (SSSR count). The van der Waals surface area contributed by atoms with Crippen LogP contribution in [0.15, 0.2) is 64.6 Å². The van der Waals surface area contributed by atoms with E-state index in [4.69, 9.17) is 4.42 Å². The zero-order chi connectivity index (χ0) is 16.1. The molecule has 1 aromatic heterocycles. The number of thioether (sulfide) groups is 1. The normalized spacial score (nSPS) is 13.6. The first kappa shape index (κ1) is 15.7. The second-order valence-corrected chi connectivity index (χ2v) is 6.53. The van der Waals surface area contributed by atoms with Crippen LogP contribution >= 0.6 is 11.8 Å². The number of para-hydroxylation sites is 1. The zero-order valence-corrected chi connectivity index (χ0v) is 13.7. The second-order valence-electron chi connectivity index (χ2n) is 5.46. The molecule has 2 amide bonds. The lowest BCUT2D eigenvalue weighted by atomic mass is 10.3. The highest BCUT2D eigenvalue weighted by atomic mass is 32.2. The maximum atomic E-state index is 12.7. The van der Waals surface area contributed by atoms with Crippen molar-refractivity contribution >= 4 is 23.5 Å². The van der Waals surface area contributed by atoms with Crippen LogP contribution in [0.3, 0.4) is 0 Å². The second kappa shape index (κ2) is 7.42. The van der Waals surface area contributed by atoms with E-state index in [1.54, 1.807) is 18.0 Å². The topological polar surface area (TPSA) is 45.5 Å². The van der Waals surface area contributed by atoms with Crippen LogP contribution in [0.2, 0.25) is 0 Å². The van der Waals surface area contributed by atoms with Gasteiger partial charge in [-0.05, 0) is 37.1 Å². The van der Waals surface area contributed by atoms with Crippen LogP contribution in [0.5, 0.6) is 0 Å². The summed E-state index contributed by atoms with van der Waals surface area (Å²) in [6, 6.07) is 11.8. The SMILES string of the molecule is C=CCSc1ccccc1NC(=O)N(Cc1ccco1)C1CC1. The van der Waals surface area contributed by atoms with Crippen molar-refractivity contribution < 1.29 is 9.21 Å². The fraction of sp³-hybridized carbons (Fsp3) is 0.278. The molecule has 1 aliphatic carbocycles. The molecule has 23 heavy (non-hydrogen) atoms. The molecule has 1 N–H and O–H groups in total. The van der Waals surface area contributed by atoms with Crippen LogP contribution in [0.25, 0.3) is 0 Å². The van der Waals surface area contributed by atoms with Crippen molar-refractivity contribution in [2.45, 2.75) is 30.3 Å². The van der Waals surface area contributed by atoms with Gasteiger partial charge in [0.15, 0.2) is 0 Å². The number of benzene rings is 1. The first-order chi connectivity index (χ1) is 11.3. The highest BCUT2D eigenvalue weighted by Gasteiger charge is 2.33. The number of nitrogens with one attached hydrogen (secondary N) is 1. The summed E-state index contributed by atoms with van der Waals surface area (Å²) in [4.78, 5) is 15.6. The molecule has 0 aliphatic heterocycles. The number of anilines is 1. The number of hydrogen-bond acceptors (Lipinski definition) is 3. The van der Waals surface area contributed by atoms with Gasteiger partial charge >= 0.3 is 6.03 Å². The molecule has 0 bridgehead atoms. The smallest absolute Gasteiger partial charge is 0.322 e. The lowest BCUT2D eigenvalue weighted by Crippen LogP contribution is -2.36. The Kier molecular flexibility index (Phi) is 5.08. The van der Waals surface area contributed by atoms with Gasteiger partial charge in [-0.25, -0.2) is 4.79 Å². The van der Waals surface area contributed by atoms with E-state index in [2.05, 4.69) is 11.9 Å². The van der Waals surface area contributed by atoms with E-state index in [9.17, 15) is 4.79 Å². The minimum atomic E-state index is -0.0736. The molecule has 1 aliphatic rings. The van der Waals surface area contributed by atoms with Crippen LogP contribution in [0.1, 0.15) is 18.6 Å². The van der Waals surface area contributed by atoms with Crippen molar-refractivity contribution in [1.82, 2.24) is 4.90 Å². The zero-order valence-electron chi connectivity index (χ0n) is 12.9. The van der Waals surface area contributed by atoms with Crippen LogP contribution in [-0.2, 0) is 6.54 Å². The number of furan rings is 1. The predicted octanol–water partition coefficient (Wildman–Crippen LogP) is 4.75. The number of nitrogens with zero attached hydrogens (tertiary/aromatic N) is 1. The van der Waals surface area contributed by atoms with Crippen molar-refractivity contribution in [3.63, 3.8) is 0 Å². The standard InChI is InChI=1S/C18H20N2O2S/c1-2-12-23-17-8-4-3-7-16(17)19-18(21)20(14-9-10-14)13-15-6-5-11-22-15/h2-8,11,14H,1,9-10,12-13H2,(H,19,21). The minimum Gasteiger partial charge on any atom is -0.467 e. The first-order valence-corrected chi connectivity index (χ1v) is 8.69. The number of carbonyl (C=O) groups excluding carboxylic acids is 1. The van der Waals surface area contributed by atoms with E-state index in [1.807, 2.05) is 47.4 Å². The Morgan fingerprint density at radius 2 is 2.17 bits per heavy atom. The number of urea groups is 1. The molecular formula is C18H20N2O2S. The molecule has 4 nitrogen and oxygen atoms in total. The summed E-state index contributed by atoms with van der Waals surface area (Å²) in [5, 5.41) is 3.04. The summed E-state index contributed by atoms with van der Waals surface area (Å²) in [6.07, 6.45) is 5.61. The van der Waals surface area contributed by atoms with E-state index < -0.39 is 0 Å². The van der Waals surface area contributed by atoms with Crippen LogP contribution in [0.4, 0.5) is 10.5 Å². The highest BCUT2D eigenvalue weighted by Crippen LogP contribution is 2.31. The van der Waals surface area contributed by atoms with Gasteiger partial charge in [0.2, 0.25) is 0 Å². The Morgan fingerprint density at radius 1 is 1.35 bits per heavy atom. The number of carbonyl (C=O) groups is 1. The molecule has 0 unspecified atom stereocenters. The average Bonchev–Trinajstić information content (AvgIpc) is 3.27. The van der Waals surface area contributed by atoms with Gasteiger partial charge in [-0.2, -0.15) is 0 Å². The summed E-state index contributed by atoms with van der Waals surface area (Å²) in [5.41, 5.74) is 0.842. The minimum absolute atomic E-state index is 0.0736. The predicted molar refractivity (Wildman–Crippen MR) is 93.7 cm³/mol. The fourth-order valence-corrected chi connectivity index (χ4v) is 3.10. The summed E-state index contributed by atoms with van der Waals surface area (Å²) in [5.74, 6) is 1.62. The number of amides is 2. The third kappa shape index (κ3) is 4.20. The lowest BCUT2D eigenvalue weighted by molar-refractivity contribution is 0.201. The Morgan fingerprint density at radius 3 is 2.87 bits per heavy atom. The molecule has 120 valence electrons. The molecule has 0 spiro atoms.